The third-order valence-electron chi connectivity index (χ3n) is 6.15. The number of rotatable bonds is 4. The van der Waals surface area contributed by atoms with Crippen LogP contribution in [0.4, 0.5) is 0 Å². The zero-order valence-corrected chi connectivity index (χ0v) is 19.2. The molecule has 0 amide bonds. The highest BCUT2D eigenvalue weighted by atomic mass is 35.5. The molecular weight excluding hydrogens is 438 g/mol. The minimum absolute atomic E-state index is 0.127. The van der Waals surface area contributed by atoms with Crippen molar-refractivity contribution in [2.24, 2.45) is 4.99 Å². The van der Waals surface area contributed by atoms with Gasteiger partial charge in [-0.1, -0.05) is 109 Å². The first-order valence-electron chi connectivity index (χ1n) is 11.3. The summed E-state index contributed by atoms with van der Waals surface area (Å²) in [7, 11) is 0. The molecular formula is C30H22ClN3. The molecule has 0 radical (unpaired) electrons. The minimum atomic E-state index is -0.127. The summed E-state index contributed by atoms with van der Waals surface area (Å²) in [6, 6.07) is 37.3. The van der Waals surface area contributed by atoms with E-state index in [1.165, 1.54) is 16.7 Å². The third-order valence-corrected chi connectivity index (χ3v) is 6.38. The number of hydrogen-bond acceptors (Lipinski definition) is 3. The van der Waals surface area contributed by atoms with E-state index in [1.807, 2.05) is 30.3 Å². The van der Waals surface area contributed by atoms with Gasteiger partial charge in [0, 0.05) is 27.9 Å². The smallest absolute Gasteiger partial charge is 0.167 e. The average Bonchev–Trinajstić information content (AvgIpc) is 3.34. The fourth-order valence-corrected chi connectivity index (χ4v) is 4.62. The van der Waals surface area contributed by atoms with Gasteiger partial charge in [-0.25, -0.2) is 4.99 Å². The van der Waals surface area contributed by atoms with Crippen LogP contribution in [-0.4, -0.2) is 17.0 Å². The maximum absolute atomic E-state index is 6.17. The first kappa shape index (κ1) is 20.5. The predicted molar refractivity (Wildman–Crippen MR) is 141 cm³/mol. The van der Waals surface area contributed by atoms with Crippen molar-refractivity contribution >= 4 is 28.6 Å². The number of nitrogens with one attached hydrogen (secondary N) is 1. The van der Waals surface area contributed by atoms with Crippen molar-refractivity contribution in [3.8, 4) is 11.1 Å². The Kier molecular flexibility index (Phi) is 5.25. The summed E-state index contributed by atoms with van der Waals surface area (Å²) in [5, 5.41) is 2.84. The highest BCUT2D eigenvalue weighted by Gasteiger charge is 2.32. The molecule has 2 aliphatic rings. The molecule has 1 N–H and O–H groups in total. The Labute approximate surface area is 204 Å². The number of fused-ring (bicyclic) bond motifs is 1. The molecule has 34 heavy (non-hydrogen) atoms. The van der Waals surface area contributed by atoms with Crippen LogP contribution in [0.15, 0.2) is 126 Å². The molecule has 0 saturated heterocycles. The van der Waals surface area contributed by atoms with E-state index in [0.717, 1.165) is 33.1 Å². The van der Waals surface area contributed by atoms with Gasteiger partial charge >= 0.3 is 0 Å². The quantitative estimate of drug-likeness (QED) is 0.354. The largest absolute Gasteiger partial charge is 0.280 e. The molecule has 1 unspecified atom stereocenters. The van der Waals surface area contributed by atoms with Gasteiger partial charge in [0.25, 0.3) is 0 Å². The summed E-state index contributed by atoms with van der Waals surface area (Å²) in [4.78, 5) is 5.08. The van der Waals surface area contributed by atoms with Crippen LogP contribution in [0.5, 0.6) is 0 Å². The van der Waals surface area contributed by atoms with Crippen LogP contribution in [0.1, 0.15) is 16.7 Å². The number of allylic oxidation sites excluding steroid dienone is 2. The standard InChI is InChI=1S/C30H22ClN3/c31-27-13-7-12-25(18-27)22-14-16-24(17-15-22)29-32-30-28(23-10-5-2-6-11-23)19-26(20-34(30)33-29)21-8-3-1-4-9-21/h1-20,30H,(H,32,33). The number of hydrogen-bond donors (Lipinski definition) is 1. The van der Waals surface area contributed by atoms with Gasteiger partial charge in [-0.05, 0) is 40.5 Å². The van der Waals surface area contributed by atoms with E-state index in [-0.39, 0.29) is 6.17 Å². The molecule has 0 bridgehead atoms. The van der Waals surface area contributed by atoms with E-state index in [9.17, 15) is 0 Å². The van der Waals surface area contributed by atoms with Crippen molar-refractivity contribution in [1.82, 2.24) is 10.4 Å². The molecule has 0 saturated carbocycles. The van der Waals surface area contributed by atoms with Gasteiger partial charge in [-0.3, -0.25) is 10.4 Å². The monoisotopic (exact) mass is 459 g/mol. The molecule has 2 heterocycles. The molecule has 4 aromatic carbocycles. The van der Waals surface area contributed by atoms with Gasteiger partial charge < -0.3 is 0 Å². The SMILES string of the molecule is Clc1cccc(-c2ccc(C3=NC4C(c5ccccc5)=CC(c5ccccc5)=CN4N3)cc2)c1. The molecule has 0 aromatic heterocycles. The van der Waals surface area contributed by atoms with Crippen LogP contribution in [0.25, 0.3) is 22.3 Å². The topological polar surface area (TPSA) is 27.6 Å². The second-order valence-corrected chi connectivity index (χ2v) is 8.81. The molecule has 6 rings (SSSR count). The lowest BCUT2D eigenvalue weighted by Gasteiger charge is -2.29. The number of hydrazine groups is 1. The molecule has 3 nitrogen and oxygen atoms in total. The fourth-order valence-electron chi connectivity index (χ4n) is 4.43. The molecule has 4 aromatic rings. The zero-order valence-electron chi connectivity index (χ0n) is 18.4. The van der Waals surface area contributed by atoms with Crippen LogP contribution < -0.4 is 5.43 Å². The summed E-state index contributed by atoms with van der Waals surface area (Å²) in [6.45, 7) is 0. The first-order chi connectivity index (χ1) is 16.7. The maximum Gasteiger partial charge on any atom is 0.167 e. The average molecular weight is 460 g/mol. The van der Waals surface area contributed by atoms with Crippen molar-refractivity contribution in [1.29, 1.82) is 0 Å². The molecule has 0 aliphatic carbocycles. The van der Waals surface area contributed by atoms with E-state index in [1.54, 1.807) is 0 Å². The van der Waals surface area contributed by atoms with E-state index < -0.39 is 0 Å². The van der Waals surface area contributed by atoms with Gasteiger partial charge in [0.05, 0.1) is 0 Å². The normalized spacial score (nSPS) is 16.8. The lowest BCUT2D eigenvalue weighted by molar-refractivity contribution is 0.324. The number of aliphatic imine (C=N–C) groups is 1. The minimum Gasteiger partial charge on any atom is -0.280 e. The molecule has 1 atom stereocenters. The van der Waals surface area contributed by atoms with Crippen LogP contribution in [-0.2, 0) is 0 Å². The van der Waals surface area contributed by atoms with Gasteiger partial charge in [0.1, 0.15) is 5.84 Å². The Morgan fingerprint density at radius 2 is 1.29 bits per heavy atom. The van der Waals surface area contributed by atoms with Crippen LogP contribution in [0.3, 0.4) is 0 Å². The van der Waals surface area contributed by atoms with Crippen molar-refractivity contribution in [2.45, 2.75) is 6.17 Å². The highest BCUT2D eigenvalue weighted by Crippen LogP contribution is 2.35. The summed E-state index contributed by atoms with van der Waals surface area (Å²) < 4.78 is 0. The van der Waals surface area contributed by atoms with Crippen LogP contribution in [0, 0.1) is 0 Å². The highest BCUT2D eigenvalue weighted by molar-refractivity contribution is 6.30. The molecule has 0 fully saturated rings. The van der Waals surface area contributed by atoms with Gasteiger partial charge in [-0.15, -0.1) is 0 Å². The number of nitrogens with zero attached hydrogens (tertiary/aromatic N) is 2. The Balaban J connectivity index is 1.35. The summed E-state index contributed by atoms with van der Waals surface area (Å²) in [5.41, 5.74) is 11.4. The maximum atomic E-state index is 6.17. The Hall–Kier alpha value is -4.08. The Bertz CT molecular complexity index is 1420. The zero-order chi connectivity index (χ0) is 22.9. The van der Waals surface area contributed by atoms with Crippen molar-refractivity contribution in [2.75, 3.05) is 0 Å². The third kappa shape index (κ3) is 3.91. The Morgan fingerprint density at radius 3 is 2.00 bits per heavy atom. The van der Waals surface area contributed by atoms with Crippen molar-refractivity contribution in [3.63, 3.8) is 0 Å². The van der Waals surface area contributed by atoms with Crippen LogP contribution >= 0.6 is 11.6 Å². The summed E-state index contributed by atoms with van der Waals surface area (Å²) in [6.07, 6.45) is 4.27. The van der Waals surface area contributed by atoms with Crippen LogP contribution in [0.2, 0.25) is 5.02 Å². The number of halogens is 1. The number of benzene rings is 4. The molecule has 164 valence electrons. The van der Waals surface area contributed by atoms with Gasteiger partial charge in [0.2, 0.25) is 0 Å². The number of amidine groups is 1. The summed E-state index contributed by atoms with van der Waals surface area (Å²) >= 11 is 6.17. The molecule has 2 aliphatic heterocycles. The van der Waals surface area contributed by atoms with E-state index in [2.05, 4.69) is 102 Å². The second-order valence-electron chi connectivity index (χ2n) is 8.37. The van der Waals surface area contributed by atoms with E-state index in [0.29, 0.717) is 0 Å². The van der Waals surface area contributed by atoms with Crippen molar-refractivity contribution in [3.05, 3.63) is 143 Å². The van der Waals surface area contributed by atoms with E-state index in [4.69, 9.17) is 16.6 Å². The van der Waals surface area contributed by atoms with Crippen molar-refractivity contribution < 1.29 is 0 Å². The Morgan fingerprint density at radius 1 is 0.647 bits per heavy atom. The fraction of sp³-hybridized carbons (Fsp3) is 0.0333. The summed E-state index contributed by atoms with van der Waals surface area (Å²) in [5.74, 6) is 0.857. The van der Waals surface area contributed by atoms with E-state index >= 15 is 0 Å². The molecule has 0 spiro atoms. The predicted octanol–water partition coefficient (Wildman–Crippen LogP) is 7.04. The lowest BCUT2D eigenvalue weighted by Crippen LogP contribution is -2.38. The van der Waals surface area contributed by atoms with Gasteiger partial charge in [-0.2, -0.15) is 0 Å². The molecule has 4 heteroatoms. The van der Waals surface area contributed by atoms with Gasteiger partial charge in [0.15, 0.2) is 6.17 Å². The second kappa shape index (κ2) is 8.69. The first-order valence-corrected chi connectivity index (χ1v) is 11.7. The lowest BCUT2D eigenvalue weighted by atomic mass is 9.95.